The zero-order chi connectivity index (χ0) is 9.28. The molecule has 0 fully saturated rings. The SMILES string of the molecule is C=C(C)CC.CC=CC(C)=O. The number of carbonyl (C=O) groups is 1. The van der Waals surface area contributed by atoms with E-state index in [4.69, 9.17) is 0 Å². The highest BCUT2D eigenvalue weighted by Crippen LogP contribution is 1.88. The van der Waals surface area contributed by atoms with E-state index in [0.717, 1.165) is 6.42 Å². The molecule has 0 unspecified atom stereocenters. The Morgan fingerprint density at radius 3 is 1.82 bits per heavy atom. The van der Waals surface area contributed by atoms with Gasteiger partial charge in [0.15, 0.2) is 5.78 Å². The average Bonchev–Trinajstić information content (AvgIpc) is 1.89. The van der Waals surface area contributed by atoms with E-state index in [1.165, 1.54) is 18.6 Å². The van der Waals surface area contributed by atoms with Crippen molar-refractivity contribution in [3.05, 3.63) is 24.3 Å². The summed E-state index contributed by atoms with van der Waals surface area (Å²) in [7, 11) is 0. The minimum absolute atomic E-state index is 0.109. The molecule has 0 aliphatic carbocycles. The molecule has 0 aromatic rings. The Morgan fingerprint density at radius 2 is 1.82 bits per heavy atom. The first kappa shape index (κ1) is 12.8. The molecule has 0 aliphatic rings. The molecule has 11 heavy (non-hydrogen) atoms. The van der Waals surface area contributed by atoms with E-state index in [0.29, 0.717) is 0 Å². The lowest BCUT2D eigenvalue weighted by Gasteiger charge is -1.79. The number of ketones is 1. The van der Waals surface area contributed by atoms with Gasteiger partial charge in [0.2, 0.25) is 0 Å². The van der Waals surface area contributed by atoms with Crippen molar-refractivity contribution in [2.45, 2.75) is 34.1 Å². The van der Waals surface area contributed by atoms with Crippen LogP contribution in [-0.4, -0.2) is 5.78 Å². The van der Waals surface area contributed by atoms with Gasteiger partial charge in [-0.25, -0.2) is 0 Å². The van der Waals surface area contributed by atoms with Gasteiger partial charge in [-0.1, -0.05) is 18.6 Å². The molecule has 1 heteroatoms. The van der Waals surface area contributed by atoms with Gasteiger partial charge in [0, 0.05) is 0 Å². The predicted octanol–water partition coefficient (Wildman–Crippen LogP) is 3.12. The summed E-state index contributed by atoms with van der Waals surface area (Å²) in [6.07, 6.45) is 4.36. The first-order valence-electron chi connectivity index (χ1n) is 3.82. The third-order valence-corrected chi connectivity index (χ3v) is 1.00. The molecule has 0 aromatic carbocycles. The maximum Gasteiger partial charge on any atom is 0.152 e. The molecule has 1 nitrogen and oxygen atoms in total. The topological polar surface area (TPSA) is 17.1 Å². The lowest BCUT2D eigenvalue weighted by molar-refractivity contribution is -0.112. The fraction of sp³-hybridized carbons (Fsp3) is 0.500. The van der Waals surface area contributed by atoms with Gasteiger partial charge >= 0.3 is 0 Å². The summed E-state index contributed by atoms with van der Waals surface area (Å²) in [6.45, 7) is 11.1. The van der Waals surface area contributed by atoms with Crippen LogP contribution in [0.1, 0.15) is 34.1 Å². The van der Waals surface area contributed by atoms with Gasteiger partial charge in [-0.05, 0) is 33.3 Å². The number of hydrogen-bond donors (Lipinski definition) is 0. The Labute approximate surface area is 69.8 Å². The van der Waals surface area contributed by atoms with Gasteiger partial charge < -0.3 is 0 Å². The summed E-state index contributed by atoms with van der Waals surface area (Å²) in [5, 5.41) is 0. The largest absolute Gasteiger partial charge is 0.295 e. The van der Waals surface area contributed by atoms with Crippen LogP contribution in [0, 0.1) is 0 Å². The van der Waals surface area contributed by atoms with E-state index in [-0.39, 0.29) is 5.78 Å². The Balaban J connectivity index is 0. The van der Waals surface area contributed by atoms with Crippen molar-refractivity contribution in [1.29, 1.82) is 0 Å². The van der Waals surface area contributed by atoms with Crippen LogP contribution in [0.4, 0.5) is 0 Å². The third kappa shape index (κ3) is 27.2. The molecule has 0 bridgehead atoms. The maximum absolute atomic E-state index is 9.96. The Morgan fingerprint density at radius 1 is 1.45 bits per heavy atom. The standard InChI is InChI=1S/C5H8O.C5H10/c1-3-4-5(2)6;1-4-5(2)3/h3-4H,1-2H3;2,4H2,1,3H3. The first-order valence-corrected chi connectivity index (χ1v) is 3.82. The smallest absolute Gasteiger partial charge is 0.152 e. The van der Waals surface area contributed by atoms with Crippen LogP contribution >= 0.6 is 0 Å². The van der Waals surface area contributed by atoms with Crippen molar-refractivity contribution < 1.29 is 4.79 Å². The second-order valence-electron chi connectivity index (χ2n) is 2.42. The van der Waals surface area contributed by atoms with Crippen LogP contribution in [0.25, 0.3) is 0 Å². The summed E-state index contributed by atoms with van der Waals surface area (Å²) >= 11 is 0. The van der Waals surface area contributed by atoms with Crippen LogP contribution < -0.4 is 0 Å². The highest BCUT2D eigenvalue weighted by molar-refractivity contribution is 5.87. The monoisotopic (exact) mass is 154 g/mol. The Hall–Kier alpha value is -0.850. The van der Waals surface area contributed by atoms with E-state index in [1.54, 1.807) is 6.08 Å². The van der Waals surface area contributed by atoms with Gasteiger partial charge in [0.1, 0.15) is 0 Å². The number of hydrogen-bond acceptors (Lipinski definition) is 1. The number of rotatable bonds is 2. The van der Waals surface area contributed by atoms with E-state index in [2.05, 4.69) is 13.5 Å². The summed E-state index contributed by atoms with van der Waals surface area (Å²) in [5.74, 6) is 0.109. The number of carbonyl (C=O) groups excluding carboxylic acids is 1. The molecular weight excluding hydrogens is 136 g/mol. The van der Waals surface area contributed by atoms with Gasteiger partial charge in [0.25, 0.3) is 0 Å². The predicted molar refractivity (Wildman–Crippen MR) is 50.6 cm³/mol. The van der Waals surface area contributed by atoms with E-state index in [9.17, 15) is 4.79 Å². The summed E-state index contributed by atoms with van der Waals surface area (Å²) in [6, 6.07) is 0. The van der Waals surface area contributed by atoms with Crippen molar-refractivity contribution >= 4 is 5.78 Å². The molecule has 0 N–H and O–H groups in total. The molecule has 0 amide bonds. The van der Waals surface area contributed by atoms with Gasteiger partial charge in [-0.15, -0.1) is 6.58 Å². The van der Waals surface area contributed by atoms with Crippen molar-refractivity contribution in [3.63, 3.8) is 0 Å². The second kappa shape index (κ2) is 9.15. The van der Waals surface area contributed by atoms with Crippen molar-refractivity contribution in [1.82, 2.24) is 0 Å². The minimum atomic E-state index is 0.109. The molecule has 0 heterocycles. The molecule has 0 saturated carbocycles. The molecule has 0 rings (SSSR count). The summed E-state index contributed by atoms with van der Waals surface area (Å²) in [4.78, 5) is 9.96. The quantitative estimate of drug-likeness (QED) is 0.441. The van der Waals surface area contributed by atoms with Crippen LogP contribution in [0.15, 0.2) is 24.3 Å². The molecule has 0 spiro atoms. The zero-order valence-corrected chi connectivity index (χ0v) is 7.98. The molecule has 0 atom stereocenters. The molecule has 0 saturated heterocycles. The van der Waals surface area contributed by atoms with Crippen molar-refractivity contribution in [2.75, 3.05) is 0 Å². The van der Waals surface area contributed by atoms with Crippen LogP contribution in [0.3, 0.4) is 0 Å². The first-order chi connectivity index (χ1) is 5.04. The minimum Gasteiger partial charge on any atom is -0.295 e. The van der Waals surface area contributed by atoms with Gasteiger partial charge in [-0.2, -0.15) is 0 Å². The highest BCUT2D eigenvalue weighted by Gasteiger charge is 1.73. The fourth-order valence-corrected chi connectivity index (χ4v) is 0.235. The summed E-state index contributed by atoms with van der Waals surface area (Å²) < 4.78 is 0. The maximum atomic E-state index is 9.96. The molecule has 0 radical (unpaired) electrons. The summed E-state index contributed by atoms with van der Waals surface area (Å²) in [5.41, 5.74) is 1.25. The third-order valence-electron chi connectivity index (χ3n) is 1.00. The van der Waals surface area contributed by atoms with Crippen molar-refractivity contribution in [3.8, 4) is 0 Å². The molecular formula is C10H18O. The second-order valence-corrected chi connectivity index (χ2v) is 2.42. The van der Waals surface area contributed by atoms with Crippen LogP contribution in [0.2, 0.25) is 0 Å². The van der Waals surface area contributed by atoms with E-state index in [1.807, 2.05) is 13.8 Å². The zero-order valence-electron chi connectivity index (χ0n) is 7.98. The highest BCUT2D eigenvalue weighted by atomic mass is 16.1. The molecule has 64 valence electrons. The average molecular weight is 154 g/mol. The lowest BCUT2D eigenvalue weighted by atomic mass is 10.3. The van der Waals surface area contributed by atoms with Gasteiger partial charge in [0.05, 0.1) is 0 Å². The molecule has 0 aromatic heterocycles. The van der Waals surface area contributed by atoms with Crippen LogP contribution in [-0.2, 0) is 4.79 Å². The lowest BCUT2D eigenvalue weighted by Crippen LogP contribution is -1.76. The van der Waals surface area contributed by atoms with Gasteiger partial charge in [-0.3, -0.25) is 4.79 Å². The van der Waals surface area contributed by atoms with Crippen molar-refractivity contribution in [2.24, 2.45) is 0 Å². The number of allylic oxidation sites excluding steroid dienone is 3. The van der Waals surface area contributed by atoms with Crippen LogP contribution in [0.5, 0.6) is 0 Å². The molecule has 0 aliphatic heterocycles. The Bertz CT molecular complexity index is 143. The normalized spacial score (nSPS) is 8.73. The Kier molecular flexibility index (Phi) is 10.6. The van der Waals surface area contributed by atoms with E-state index >= 15 is 0 Å². The van der Waals surface area contributed by atoms with E-state index < -0.39 is 0 Å². The fourth-order valence-electron chi connectivity index (χ4n) is 0.235.